The van der Waals surface area contributed by atoms with Crippen LogP contribution >= 0.6 is 0 Å². The van der Waals surface area contributed by atoms with E-state index in [-0.39, 0.29) is 5.69 Å². The van der Waals surface area contributed by atoms with E-state index in [1.807, 2.05) is 0 Å². The number of ether oxygens (including phenoxy) is 5. The summed E-state index contributed by atoms with van der Waals surface area (Å²) in [5.74, 6) is -4.02. The minimum Gasteiger partial charge on any atom is -0.342 e. The predicted molar refractivity (Wildman–Crippen MR) is 87.5 cm³/mol. The van der Waals surface area contributed by atoms with Crippen LogP contribution in [0.2, 0.25) is 0 Å². The van der Waals surface area contributed by atoms with Crippen LogP contribution in [-0.4, -0.2) is 48.2 Å². The molecule has 148 valence electrons. The van der Waals surface area contributed by atoms with E-state index in [0.717, 1.165) is 18.2 Å². The lowest BCUT2D eigenvalue weighted by atomic mass is 9.98. The molecular weight excluding hydrogens is 364 g/mol. The normalized spacial score (nSPS) is 36.1. The Kier molecular flexibility index (Phi) is 4.28. The maximum Gasteiger partial charge on any atom is 0.256 e. The molecule has 1 aromatic carbocycles. The average Bonchev–Trinajstić information content (AvgIpc) is 3.04. The smallest absolute Gasteiger partial charge is 0.256 e. The first-order valence-corrected chi connectivity index (χ1v) is 8.67. The Morgan fingerprint density at radius 1 is 0.963 bits per heavy atom. The van der Waals surface area contributed by atoms with E-state index in [9.17, 15) is 13.6 Å². The first kappa shape index (κ1) is 18.7. The topological polar surface area (TPSA) is 75.3 Å². The van der Waals surface area contributed by atoms with Crippen LogP contribution in [0.25, 0.3) is 0 Å². The zero-order chi connectivity index (χ0) is 19.6. The third-order valence-electron chi connectivity index (χ3n) is 4.60. The molecule has 9 heteroatoms. The summed E-state index contributed by atoms with van der Waals surface area (Å²) in [4.78, 5) is 12.8. The molecule has 5 atom stereocenters. The number of rotatable bonds is 2. The molecule has 3 fully saturated rings. The van der Waals surface area contributed by atoms with Crippen molar-refractivity contribution in [2.24, 2.45) is 0 Å². The Balaban J connectivity index is 1.60. The number of anilines is 1. The largest absolute Gasteiger partial charge is 0.342 e. The van der Waals surface area contributed by atoms with Crippen LogP contribution in [0.1, 0.15) is 27.7 Å². The van der Waals surface area contributed by atoms with E-state index in [1.54, 1.807) is 27.7 Å². The number of hydrogen-bond acceptors (Lipinski definition) is 6. The maximum absolute atomic E-state index is 13.9. The van der Waals surface area contributed by atoms with Crippen molar-refractivity contribution in [2.45, 2.75) is 70.0 Å². The van der Waals surface area contributed by atoms with E-state index in [0.29, 0.717) is 0 Å². The summed E-state index contributed by atoms with van der Waals surface area (Å²) in [6.07, 6.45) is -4.00. The van der Waals surface area contributed by atoms with Gasteiger partial charge in [-0.3, -0.25) is 4.79 Å². The van der Waals surface area contributed by atoms with Crippen LogP contribution in [0, 0.1) is 11.6 Å². The van der Waals surface area contributed by atoms with E-state index in [4.69, 9.17) is 23.7 Å². The average molecular weight is 385 g/mol. The second-order valence-electron chi connectivity index (χ2n) is 7.70. The van der Waals surface area contributed by atoms with Crippen molar-refractivity contribution >= 4 is 11.6 Å². The minimum atomic E-state index is -1.15. The summed E-state index contributed by atoms with van der Waals surface area (Å²) in [6.45, 7) is 6.87. The van der Waals surface area contributed by atoms with Crippen LogP contribution in [-0.2, 0) is 28.5 Å². The van der Waals surface area contributed by atoms with Gasteiger partial charge >= 0.3 is 0 Å². The molecule has 0 aromatic heterocycles. The molecule has 3 saturated heterocycles. The number of hydrogen-bond donors (Lipinski definition) is 1. The summed E-state index contributed by atoms with van der Waals surface area (Å²) in [5.41, 5.74) is -0.288. The zero-order valence-electron chi connectivity index (χ0n) is 15.3. The lowest BCUT2D eigenvalue weighted by Crippen LogP contribution is -2.58. The number of carbonyl (C=O) groups is 1. The predicted octanol–water partition coefficient (Wildman–Crippen LogP) is 2.30. The van der Waals surface area contributed by atoms with Crippen molar-refractivity contribution in [1.29, 1.82) is 0 Å². The monoisotopic (exact) mass is 385 g/mol. The fourth-order valence-corrected chi connectivity index (χ4v) is 3.62. The zero-order valence-corrected chi connectivity index (χ0v) is 15.3. The summed E-state index contributed by atoms with van der Waals surface area (Å²) in [7, 11) is 0. The summed E-state index contributed by atoms with van der Waals surface area (Å²) in [6, 6.07) is 2.79. The van der Waals surface area contributed by atoms with E-state index < -0.39 is 59.8 Å². The molecule has 0 aliphatic carbocycles. The number of benzene rings is 1. The van der Waals surface area contributed by atoms with Crippen molar-refractivity contribution in [3.05, 3.63) is 29.8 Å². The van der Waals surface area contributed by atoms with Crippen LogP contribution in [0.4, 0.5) is 14.5 Å². The van der Waals surface area contributed by atoms with E-state index >= 15 is 0 Å². The molecule has 0 unspecified atom stereocenters. The van der Waals surface area contributed by atoms with Crippen LogP contribution in [0.5, 0.6) is 0 Å². The molecule has 3 aliphatic heterocycles. The molecule has 27 heavy (non-hydrogen) atoms. The quantitative estimate of drug-likeness (QED) is 0.842. The van der Waals surface area contributed by atoms with Gasteiger partial charge in [-0.05, 0) is 39.8 Å². The van der Waals surface area contributed by atoms with Gasteiger partial charge in [-0.15, -0.1) is 0 Å². The fraction of sp³-hybridized carbons (Fsp3) is 0.611. The number of amides is 1. The Bertz CT molecular complexity index is 770. The van der Waals surface area contributed by atoms with Crippen molar-refractivity contribution in [2.75, 3.05) is 5.32 Å². The molecule has 7 nitrogen and oxygen atoms in total. The lowest BCUT2D eigenvalue weighted by molar-refractivity contribution is -0.229. The number of fused-ring (bicyclic) bond motifs is 3. The van der Waals surface area contributed by atoms with Gasteiger partial charge in [-0.1, -0.05) is 0 Å². The van der Waals surface area contributed by atoms with Crippen molar-refractivity contribution in [3.63, 3.8) is 0 Å². The Morgan fingerprint density at radius 3 is 2.33 bits per heavy atom. The molecule has 0 spiro atoms. The molecule has 0 radical (unpaired) electrons. The highest BCUT2D eigenvalue weighted by Gasteiger charge is 2.62. The molecule has 0 bridgehead atoms. The SMILES string of the molecule is CC1(C)O[C@H]2[C@@H](O1)[C@@H](C(=O)Nc1cc(F)ccc1F)O[C@H]1OC(C)(C)O[C@@H]12. The highest BCUT2D eigenvalue weighted by molar-refractivity contribution is 5.95. The van der Waals surface area contributed by atoms with Gasteiger partial charge in [0, 0.05) is 6.07 Å². The van der Waals surface area contributed by atoms with Gasteiger partial charge in [0.1, 0.15) is 29.9 Å². The molecular formula is C18H21F2NO6. The first-order valence-electron chi connectivity index (χ1n) is 8.67. The lowest BCUT2D eigenvalue weighted by Gasteiger charge is -2.36. The van der Waals surface area contributed by atoms with Gasteiger partial charge in [-0.2, -0.15) is 0 Å². The van der Waals surface area contributed by atoms with E-state index in [2.05, 4.69) is 5.32 Å². The van der Waals surface area contributed by atoms with Gasteiger partial charge in [0.15, 0.2) is 24.0 Å². The third-order valence-corrected chi connectivity index (χ3v) is 4.60. The molecule has 1 amide bonds. The van der Waals surface area contributed by atoms with Gasteiger partial charge in [0.05, 0.1) is 5.69 Å². The van der Waals surface area contributed by atoms with Crippen molar-refractivity contribution in [1.82, 2.24) is 0 Å². The standard InChI is InChI=1S/C18H21F2NO6/c1-17(2)24-11-12(25-17)14-16(27-18(3,4)26-14)23-13(11)15(22)21-10-7-8(19)5-6-9(10)20/h5-7,11-14,16H,1-4H3,(H,21,22)/t11-,12+,13+,14-,16+/m1/s1. The van der Waals surface area contributed by atoms with Gasteiger partial charge < -0.3 is 29.0 Å². The van der Waals surface area contributed by atoms with E-state index in [1.165, 1.54) is 0 Å². The number of carbonyl (C=O) groups excluding carboxylic acids is 1. The molecule has 3 heterocycles. The highest BCUT2D eigenvalue weighted by Crippen LogP contribution is 2.44. The molecule has 0 saturated carbocycles. The van der Waals surface area contributed by atoms with Crippen molar-refractivity contribution in [3.8, 4) is 0 Å². The van der Waals surface area contributed by atoms with Gasteiger partial charge in [0.25, 0.3) is 5.91 Å². The summed E-state index contributed by atoms with van der Waals surface area (Å²) < 4.78 is 56.4. The van der Waals surface area contributed by atoms with Gasteiger partial charge in [0.2, 0.25) is 0 Å². The summed E-state index contributed by atoms with van der Waals surface area (Å²) in [5, 5.41) is 2.35. The second kappa shape index (κ2) is 6.18. The third kappa shape index (κ3) is 3.45. The van der Waals surface area contributed by atoms with Crippen LogP contribution < -0.4 is 5.32 Å². The fourth-order valence-electron chi connectivity index (χ4n) is 3.62. The molecule has 1 N–H and O–H groups in total. The maximum atomic E-state index is 13.9. The Hall–Kier alpha value is -1.65. The number of halogens is 2. The molecule has 3 aliphatic rings. The van der Waals surface area contributed by atoms with Gasteiger partial charge in [-0.25, -0.2) is 8.78 Å². The highest BCUT2D eigenvalue weighted by atomic mass is 19.1. The minimum absolute atomic E-state index is 0.288. The van der Waals surface area contributed by atoms with Crippen LogP contribution in [0.15, 0.2) is 18.2 Å². The van der Waals surface area contributed by atoms with Crippen LogP contribution in [0.3, 0.4) is 0 Å². The Labute approximate surface area is 154 Å². The number of nitrogens with one attached hydrogen (secondary N) is 1. The first-order chi connectivity index (χ1) is 12.5. The molecule has 4 rings (SSSR count). The Morgan fingerprint density at radius 2 is 1.59 bits per heavy atom. The second-order valence-corrected chi connectivity index (χ2v) is 7.70. The summed E-state index contributed by atoms with van der Waals surface area (Å²) >= 11 is 0. The van der Waals surface area contributed by atoms with Crippen molar-refractivity contribution < 1.29 is 37.3 Å². The molecule has 1 aromatic rings.